The minimum absolute atomic E-state index is 0.0681. The van der Waals surface area contributed by atoms with Crippen LogP contribution in [-0.2, 0) is 4.79 Å². The lowest BCUT2D eigenvalue weighted by Crippen LogP contribution is -2.23. The molecule has 0 radical (unpaired) electrons. The number of benzene rings is 2. The molecule has 3 N–H and O–H groups in total. The van der Waals surface area contributed by atoms with Crippen LogP contribution in [0.1, 0.15) is 15.9 Å². The smallest absolute Gasteiger partial charge is 0.282 e. The van der Waals surface area contributed by atoms with Crippen molar-refractivity contribution in [2.75, 3.05) is 11.9 Å². The lowest BCUT2D eigenvalue weighted by molar-refractivity contribution is -0.385. The number of nitro benzene ring substituents is 1. The van der Waals surface area contributed by atoms with E-state index in [-0.39, 0.29) is 23.5 Å². The summed E-state index contributed by atoms with van der Waals surface area (Å²) < 4.78 is 0. The van der Waals surface area contributed by atoms with Crippen LogP contribution in [0.2, 0.25) is 0 Å². The Balaban J connectivity index is 2.57. The second-order valence-corrected chi connectivity index (χ2v) is 4.40. The van der Waals surface area contributed by atoms with Gasteiger partial charge in [-0.3, -0.25) is 19.7 Å². The van der Waals surface area contributed by atoms with Gasteiger partial charge in [-0.1, -0.05) is 36.4 Å². The van der Waals surface area contributed by atoms with Gasteiger partial charge in [0.1, 0.15) is 5.56 Å². The highest BCUT2D eigenvalue weighted by Crippen LogP contribution is 2.29. The number of nitro groups is 1. The fourth-order valence-electron chi connectivity index (χ4n) is 1.97. The van der Waals surface area contributed by atoms with Gasteiger partial charge in [0.25, 0.3) is 5.69 Å². The van der Waals surface area contributed by atoms with Gasteiger partial charge in [0.15, 0.2) is 0 Å². The van der Waals surface area contributed by atoms with Crippen molar-refractivity contribution in [2.45, 2.75) is 0 Å². The molecule has 0 unspecified atom stereocenters. The second-order valence-electron chi connectivity index (χ2n) is 4.40. The zero-order valence-corrected chi connectivity index (χ0v) is 11.5. The Labute approximate surface area is 125 Å². The van der Waals surface area contributed by atoms with Gasteiger partial charge in [0.2, 0.25) is 11.7 Å². The SMILES string of the molecule is NCC(=O)Nc1cccc([N+](=O)[O-])c1C(=O)c1ccccc1. The van der Waals surface area contributed by atoms with Crippen molar-refractivity contribution in [3.63, 3.8) is 0 Å². The summed E-state index contributed by atoms with van der Waals surface area (Å²) in [6.07, 6.45) is 0. The summed E-state index contributed by atoms with van der Waals surface area (Å²) in [6, 6.07) is 12.2. The molecule has 2 aromatic rings. The number of nitrogens with two attached hydrogens (primary N) is 1. The van der Waals surface area contributed by atoms with E-state index < -0.39 is 16.6 Å². The van der Waals surface area contributed by atoms with Crippen LogP contribution < -0.4 is 11.1 Å². The summed E-state index contributed by atoms with van der Waals surface area (Å²) in [7, 11) is 0. The number of hydrogen-bond acceptors (Lipinski definition) is 5. The maximum Gasteiger partial charge on any atom is 0.282 e. The van der Waals surface area contributed by atoms with Gasteiger partial charge in [-0.15, -0.1) is 0 Å². The first-order valence-corrected chi connectivity index (χ1v) is 6.41. The van der Waals surface area contributed by atoms with Gasteiger partial charge in [0, 0.05) is 11.6 Å². The third-order valence-corrected chi connectivity index (χ3v) is 2.96. The highest BCUT2D eigenvalue weighted by Gasteiger charge is 2.25. The number of amides is 1. The number of nitrogens with one attached hydrogen (secondary N) is 1. The molecule has 7 heteroatoms. The summed E-state index contributed by atoms with van der Waals surface area (Å²) in [6.45, 7) is -0.290. The Morgan fingerprint density at radius 3 is 2.36 bits per heavy atom. The second kappa shape index (κ2) is 6.59. The van der Waals surface area contributed by atoms with E-state index in [2.05, 4.69) is 5.32 Å². The summed E-state index contributed by atoms with van der Waals surface area (Å²) in [4.78, 5) is 34.6. The standard InChI is InChI=1S/C15H13N3O4/c16-9-13(19)17-11-7-4-8-12(18(21)22)14(11)15(20)10-5-2-1-3-6-10/h1-8H,9,16H2,(H,17,19). The molecule has 22 heavy (non-hydrogen) atoms. The van der Waals surface area contributed by atoms with Crippen LogP contribution >= 0.6 is 0 Å². The first-order chi connectivity index (χ1) is 10.5. The highest BCUT2D eigenvalue weighted by molar-refractivity contribution is 6.16. The molecule has 0 heterocycles. The number of hydrogen-bond donors (Lipinski definition) is 2. The fourth-order valence-corrected chi connectivity index (χ4v) is 1.97. The average molecular weight is 299 g/mol. The zero-order chi connectivity index (χ0) is 16.1. The topological polar surface area (TPSA) is 115 Å². The van der Waals surface area contributed by atoms with Gasteiger partial charge < -0.3 is 11.1 Å². The van der Waals surface area contributed by atoms with Gasteiger partial charge in [-0.05, 0) is 6.07 Å². The van der Waals surface area contributed by atoms with E-state index in [1.165, 1.54) is 18.2 Å². The largest absolute Gasteiger partial charge is 0.324 e. The van der Waals surface area contributed by atoms with Gasteiger partial charge in [-0.25, -0.2) is 0 Å². The molecule has 2 rings (SSSR count). The van der Waals surface area contributed by atoms with Crippen LogP contribution in [0, 0.1) is 10.1 Å². The third kappa shape index (κ3) is 3.15. The van der Waals surface area contributed by atoms with Crippen molar-refractivity contribution in [1.29, 1.82) is 0 Å². The quantitative estimate of drug-likeness (QED) is 0.495. The number of ketones is 1. The van der Waals surface area contributed by atoms with Crippen molar-refractivity contribution in [1.82, 2.24) is 0 Å². The highest BCUT2D eigenvalue weighted by atomic mass is 16.6. The molecule has 0 saturated heterocycles. The third-order valence-electron chi connectivity index (χ3n) is 2.96. The molecule has 0 spiro atoms. The predicted octanol–water partition coefficient (Wildman–Crippen LogP) is 1.72. The first kappa shape index (κ1) is 15.3. The molecule has 0 aromatic heterocycles. The van der Waals surface area contributed by atoms with Crippen molar-refractivity contribution in [3.8, 4) is 0 Å². The molecule has 0 fully saturated rings. The Kier molecular flexibility index (Phi) is 4.60. The molecule has 2 aromatic carbocycles. The van der Waals surface area contributed by atoms with Crippen LogP contribution in [0.25, 0.3) is 0 Å². The van der Waals surface area contributed by atoms with E-state index in [1.807, 2.05) is 0 Å². The van der Waals surface area contributed by atoms with Crippen molar-refractivity contribution < 1.29 is 14.5 Å². The van der Waals surface area contributed by atoms with E-state index in [0.717, 1.165) is 0 Å². The van der Waals surface area contributed by atoms with Crippen molar-refractivity contribution >= 4 is 23.1 Å². The van der Waals surface area contributed by atoms with E-state index in [9.17, 15) is 19.7 Å². The minimum Gasteiger partial charge on any atom is -0.324 e. The van der Waals surface area contributed by atoms with Gasteiger partial charge in [-0.2, -0.15) is 0 Å². The van der Waals surface area contributed by atoms with Crippen LogP contribution in [0.15, 0.2) is 48.5 Å². The van der Waals surface area contributed by atoms with E-state index in [4.69, 9.17) is 5.73 Å². The Bertz CT molecular complexity index is 729. The number of carbonyl (C=O) groups excluding carboxylic acids is 2. The van der Waals surface area contributed by atoms with Crippen LogP contribution in [0.5, 0.6) is 0 Å². The maximum absolute atomic E-state index is 12.6. The van der Waals surface area contributed by atoms with E-state index >= 15 is 0 Å². The zero-order valence-electron chi connectivity index (χ0n) is 11.5. The number of anilines is 1. The molecule has 0 aliphatic rings. The molecule has 1 amide bonds. The van der Waals surface area contributed by atoms with Crippen LogP contribution in [0.4, 0.5) is 11.4 Å². The fraction of sp³-hybridized carbons (Fsp3) is 0.0667. The molecule has 0 aliphatic carbocycles. The Morgan fingerprint density at radius 2 is 1.77 bits per heavy atom. The summed E-state index contributed by atoms with van der Waals surface area (Å²) >= 11 is 0. The number of rotatable bonds is 5. The number of carbonyl (C=O) groups is 2. The average Bonchev–Trinajstić information content (AvgIpc) is 2.54. The summed E-state index contributed by atoms with van der Waals surface area (Å²) in [5.41, 5.74) is 5.05. The molecule has 0 bridgehead atoms. The Morgan fingerprint density at radius 1 is 1.09 bits per heavy atom. The predicted molar refractivity (Wildman–Crippen MR) is 80.7 cm³/mol. The Hall–Kier alpha value is -3.06. The molecule has 0 saturated carbocycles. The van der Waals surface area contributed by atoms with E-state index in [1.54, 1.807) is 30.3 Å². The molecule has 112 valence electrons. The molecular formula is C15H13N3O4. The minimum atomic E-state index is -0.658. The van der Waals surface area contributed by atoms with Crippen molar-refractivity contribution in [2.24, 2.45) is 5.73 Å². The lowest BCUT2D eigenvalue weighted by Gasteiger charge is -2.10. The summed E-state index contributed by atoms with van der Waals surface area (Å²) in [5.74, 6) is -1.08. The first-order valence-electron chi connectivity index (χ1n) is 6.41. The molecule has 0 atom stereocenters. The maximum atomic E-state index is 12.6. The van der Waals surface area contributed by atoms with Crippen molar-refractivity contribution in [3.05, 3.63) is 69.8 Å². The van der Waals surface area contributed by atoms with Crippen LogP contribution in [0.3, 0.4) is 0 Å². The lowest BCUT2D eigenvalue weighted by atomic mass is 9.99. The van der Waals surface area contributed by atoms with Crippen LogP contribution in [-0.4, -0.2) is 23.2 Å². The molecular weight excluding hydrogens is 286 g/mol. The number of nitrogens with zero attached hydrogens (tertiary/aromatic N) is 1. The monoisotopic (exact) mass is 299 g/mol. The normalized spacial score (nSPS) is 10.0. The van der Waals surface area contributed by atoms with E-state index in [0.29, 0.717) is 5.56 Å². The molecule has 0 aliphatic heterocycles. The molecule has 7 nitrogen and oxygen atoms in total. The summed E-state index contributed by atoms with van der Waals surface area (Å²) in [5, 5.41) is 13.6. The van der Waals surface area contributed by atoms with Gasteiger partial charge in [0.05, 0.1) is 17.2 Å². The van der Waals surface area contributed by atoms with Gasteiger partial charge >= 0.3 is 0 Å².